The third-order valence-electron chi connectivity index (χ3n) is 3.09. The third-order valence-corrected chi connectivity index (χ3v) is 3.29. The number of amides is 1. The van der Waals surface area contributed by atoms with Crippen molar-refractivity contribution in [2.24, 2.45) is 5.73 Å². The molecule has 0 saturated carbocycles. The van der Waals surface area contributed by atoms with Gasteiger partial charge >= 0.3 is 0 Å². The summed E-state index contributed by atoms with van der Waals surface area (Å²) in [6.07, 6.45) is 2.77. The number of ether oxygens (including phenoxy) is 1. The Bertz CT molecular complexity index is 451. The van der Waals surface area contributed by atoms with Crippen LogP contribution >= 0.6 is 12.2 Å². The molecule has 0 aliphatic carbocycles. The van der Waals surface area contributed by atoms with E-state index in [0.29, 0.717) is 18.0 Å². The molecule has 0 radical (unpaired) electrons. The van der Waals surface area contributed by atoms with Gasteiger partial charge in [-0.1, -0.05) is 30.4 Å². The fourth-order valence-corrected chi connectivity index (χ4v) is 2.22. The summed E-state index contributed by atoms with van der Waals surface area (Å²) in [5, 5.41) is 2.89. The minimum atomic E-state index is -0.395. The second-order valence-electron chi connectivity index (χ2n) is 4.63. The van der Waals surface area contributed by atoms with Gasteiger partial charge in [-0.25, -0.2) is 0 Å². The van der Waals surface area contributed by atoms with E-state index in [1.807, 2.05) is 24.3 Å². The maximum atomic E-state index is 11.9. The molecular formula is C14H18N2O2S. The van der Waals surface area contributed by atoms with Gasteiger partial charge in [0.1, 0.15) is 5.75 Å². The van der Waals surface area contributed by atoms with Crippen LogP contribution < -0.4 is 15.8 Å². The van der Waals surface area contributed by atoms with Gasteiger partial charge in [0, 0.05) is 13.0 Å². The van der Waals surface area contributed by atoms with Crippen LogP contribution in [0, 0.1) is 0 Å². The Kier molecular flexibility index (Phi) is 4.74. The Morgan fingerprint density at radius 1 is 1.42 bits per heavy atom. The first-order chi connectivity index (χ1) is 9.16. The average Bonchev–Trinajstić information content (AvgIpc) is 2.81. The first-order valence-electron chi connectivity index (χ1n) is 6.47. The van der Waals surface area contributed by atoms with Gasteiger partial charge in [0.05, 0.1) is 4.99 Å². The van der Waals surface area contributed by atoms with E-state index in [0.717, 1.165) is 30.6 Å². The van der Waals surface area contributed by atoms with Crippen molar-refractivity contribution < 1.29 is 9.53 Å². The normalized spacial score (nSPS) is 16.5. The van der Waals surface area contributed by atoms with Crippen molar-refractivity contribution in [3.8, 4) is 5.75 Å². The van der Waals surface area contributed by atoms with Gasteiger partial charge < -0.3 is 15.8 Å². The highest BCUT2D eigenvalue weighted by atomic mass is 32.1. The van der Waals surface area contributed by atoms with E-state index < -0.39 is 6.10 Å². The minimum Gasteiger partial charge on any atom is -0.480 e. The molecular weight excluding hydrogens is 260 g/mol. The molecule has 1 heterocycles. The van der Waals surface area contributed by atoms with Crippen LogP contribution in [-0.4, -0.2) is 23.5 Å². The lowest BCUT2D eigenvalue weighted by atomic mass is 10.1. The smallest absolute Gasteiger partial charge is 0.261 e. The number of rotatable bonds is 6. The second-order valence-corrected chi connectivity index (χ2v) is 5.16. The van der Waals surface area contributed by atoms with Crippen LogP contribution in [0.2, 0.25) is 0 Å². The van der Waals surface area contributed by atoms with Crippen LogP contribution in [0.1, 0.15) is 24.8 Å². The second kappa shape index (κ2) is 6.52. The maximum absolute atomic E-state index is 11.9. The monoisotopic (exact) mass is 278 g/mol. The predicted molar refractivity (Wildman–Crippen MR) is 78.2 cm³/mol. The molecule has 0 saturated heterocycles. The first-order valence-corrected chi connectivity index (χ1v) is 6.88. The lowest BCUT2D eigenvalue weighted by molar-refractivity contribution is -0.127. The Balaban J connectivity index is 1.70. The number of hydrogen-bond donors (Lipinski definition) is 2. The standard InChI is InChI=1S/C14H18N2O2S/c15-13(19)7-3-4-8-16-14(17)12-9-10-5-1-2-6-11(10)18-12/h1-2,5-6,12H,3-4,7-9H2,(H2,15,19)(H,16,17). The molecule has 19 heavy (non-hydrogen) atoms. The van der Waals surface area contributed by atoms with Crippen molar-refractivity contribution in [2.75, 3.05) is 6.54 Å². The number of unbranched alkanes of at least 4 members (excludes halogenated alkanes) is 1. The number of benzene rings is 1. The number of fused-ring (bicyclic) bond motifs is 1. The van der Waals surface area contributed by atoms with E-state index in [2.05, 4.69) is 5.32 Å². The van der Waals surface area contributed by atoms with Gasteiger partial charge in [-0.05, 0) is 30.9 Å². The van der Waals surface area contributed by atoms with Gasteiger partial charge in [-0.15, -0.1) is 0 Å². The van der Waals surface area contributed by atoms with Crippen molar-refractivity contribution in [3.63, 3.8) is 0 Å². The van der Waals surface area contributed by atoms with Crippen LogP contribution in [0.15, 0.2) is 24.3 Å². The molecule has 1 aliphatic rings. The van der Waals surface area contributed by atoms with E-state index in [1.54, 1.807) is 0 Å². The Morgan fingerprint density at radius 2 is 2.21 bits per heavy atom. The summed E-state index contributed by atoms with van der Waals surface area (Å²) in [5.74, 6) is 0.766. The molecule has 102 valence electrons. The van der Waals surface area contributed by atoms with Crippen molar-refractivity contribution >= 4 is 23.1 Å². The molecule has 2 rings (SSSR count). The highest BCUT2D eigenvalue weighted by Gasteiger charge is 2.28. The first kappa shape index (κ1) is 13.8. The topological polar surface area (TPSA) is 64.3 Å². The lowest BCUT2D eigenvalue weighted by Gasteiger charge is -2.11. The maximum Gasteiger partial charge on any atom is 0.261 e. The zero-order valence-corrected chi connectivity index (χ0v) is 11.5. The van der Waals surface area contributed by atoms with Gasteiger partial charge in [-0.3, -0.25) is 4.79 Å². The molecule has 1 unspecified atom stereocenters. The zero-order valence-electron chi connectivity index (χ0n) is 10.7. The number of nitrogens with two attached hydrogens (primary N) is 1. The zero-order chi connectivity index (χ0) is 13.7. The molecule has 1 aliphatic heterocycles. The minimum absolute atomic E-state index is 0.0495. The number of thiocarbonyl (C=S) groups is 1. The Labute approximate surface area is 118 Å². The molecule has 0 aromatic heterocycles. The van der Waals surface area contributed by atoms with Crippen LogP contribution in [0.3, 0.4) is 0 Å². The fraction of sp³-hybridized carbons (Fsp3) is 0.429. The third kappa shape index (κ3) is 3.92. The molecule has 3 N–H and O–H groups in total. The van der Waals surface area contributed by atoms with Gasteiger partial charge in [0.25, 0.3) is 5.91 Å². The van der Waals surface area contributed by atoms with Gasteiger partial charge in [0.15, 0.2) is 6.10 Å². The quantitative estimate of drug-likeness (QED) is 0.612. The molecule has 0 spiro atoms. The highest BCUT2D eigenvalue weighted by molar-refractivity contribution is 7.80. The van der Waals surface area contributed by atoms with Gasteiger partial charge in [-0.2, -0.15) is 0 Å². The summed E-state index contributed by atoms with van der Waals surface area (Å²) in [6.45, 7) is 0.637. The average molecular weight is 278 g/mol. The van der Waals surface area contributed by atoms with Crippen molar-refractivity contribution in [3.05, 3.63) is 29.8 Å². The summed E-state index contributed by atoms with van der Waals surface area (Å²) in [4.78, 5) is 12.5. The molecule has 0 fully saturated rings. The predicted octanol–water partition coefficient (Wildman–Crippen LogP) is 1.56. The lowest BCUT2D eigenvalue weighted by Crippen LogP contribution is -2.37. The molecule has 1 aromatic carbocycles. The Hall–Kier alpha value is -1.62. The summed E-state index contributed by atoms with van der Waals surface area (Å²) in [6, 6.07) is 7.75. The highest BCUT2D eigenvalue weighted by Crippen LogP contribution is 2.27. The van der Waals surface area contributed by atoms with Crippen LogP contribution in [0.25, 0.3) is 0 Å². The van der Waals surface area contributed by atoms with Crippen molar-refractivity contribution in [2.45, 2.75) is 31.8 Å². The molecule has 0 bridgehead atoms. The van der Waals surface area contributed by atoms with Crippen LogP contribution in [0.5, 0.6) is 5.75 Å². The van der Waals surface area contributed by atoms with Crippen LogP contribution in [-0.2, 0) is 11.2 Å². The summed E-state index contributed by atoms with van der Waals surface area (Å²) in [5.41, 5.74) is 6.50. The van der Waals surface area contributed by atoms with E-state index in [-0.39, 0.29) is 5.91 Å². The SMILES string of the molecule is NC(=S)CCCCNC(=O)C1Cc2ccccc2O1. The summed E-state index contributed by atoms with van der Waals surface area (Å²) in [7, 11) is 0. The van der Waals surface area contributed by atoms with E-state index >= 15 is 0 Å². The number of nitrogens with one attached hydrogen (secondary N) is 1. The molecule has 4 nitrogen and oxygen atoms in total. The molecule has 1 atom stereocenters. The Morgan fingerprint density at radius 3 is 2.95 bits per heavy atom. The number of carbonyl (C=O) groups is 1. The molecule has 5 heteroatoms. The van der Waals surface area contributed by atoms with E-state index in [4.69, 9.17) is 22.7 Å². The van der Waals surface area contributed by atoms with Crippen molar-refractivity contribution in [1.29, 1.82) is 0 Å². The number of carbonyl (C=O) groups excluding carboxylic acids is 1. The number of para-hydroxylation sites is 1. The van der Waals surface area contributed by atoms with Crippen LogP contribution in [0.4, 0.5) is 0 Å². The fourth-order valence-electron chi connectivity index (χ4n) is 2.08. The van der Waals surface area contributed by atoms with Gasteiger partial charge in [0.2, 0.25) is 0 Å². The van der Waals surface area contributed by atoms with E-state index in [1.165, 1.54) is 0 Å². The summed E-state index contributed by atoms with van der Waals surface area (Å²) >= 11 is 4.79. The van der Waals surface area contributed by atoms with E-state index in [9.17, 15) is 4.79 Å². The molecule has 1 amide bonds. The molecule has 1 aromatic rings. The number of hydrogen-bond acceptors (Lipinski definition) is 3. The summed E-state index contributed by atoms with van der Waals surface area (Å²) < 4.78 is 5.61. The largest absolute Gasteiger partial charge is 0.480 e. The van der Waals surface area contributed by atoms with Crippen molar-refractivity contribution in [1.82, 2.24) is 5.32 Å².